The topological polar surface area (TPSA) is 21.3 Å². The van der Waals surface area contributed by atoms with Gasteiger partial charge in [0.2, 0.25) is 0 Å². The van der Waals surface area contributed by atoms with Crippen LogP contribution in [0.2, 0.25) is 0 Å². The Morgan fingerprint density at radius 2 is 2.08 bits per heavy atom. The first kappa shape index (κ1) is 12.7. The fourth-order valence-corrected chi connectivity index (χ4v) is 0.974. The zero-order valence-electron chi connectivity index (χ0n) is 9.18. The Labute approximate surface area is 82.4 Å². The first-order valence-electron chi connectivity index (χ1n) is 5.21. The highest BCUT2D eigenvalue weighted by molar-refractivity contribution is 4.78. The van der Waals surface area contributed by atoms with Crippen LogP contribution >= 0.6 is 0 Å². The van der Waals surface area contributed by atoms with Gasteiger partial charge in [0.05, 0.1) is 6.10 Å². The largest absolute Gasteiger partial charge is 0.379 e. The summed E-state index contributed by atoms with van der Waals surface area (Å²) in [5.41, 5.74) is 0. The molecule has 1 N–H and O–H groups in total. The number of hydrogen-bond acceptors (Lipinski definition) is 2. The van der Waals surface area contributed by atoms with Gasteiger partial charge in [0.25, 0.3) is 0 Å². The lowest BCUT2D eigenvalue weighted by Crippen LogP contribution is -2.15. The third-order valence-electron chi connectivity index (χ3n) is 1.70. The lowest BCUT2D eigenvalue weighted by atomic mass is 10.3. The molecule has 0 atom stereocenters. The zero-order chi connectivity index (χ0) is 9.94. The molecule has 0 bridgehead atoms. The summed E-state index contributed by atoms with van der Waals surface area (Å²) in [6.07, 6.45) is 6.92. The van der Waals surface area contributed by atoms with Gasteiger partial charge in [0.15, 0.2) is 0 Å². The lowest BCUT2D eigenvalue weighted by molar-refractivity contribution is 0.0761. The molecule has 2 heteroatoms. The second kappa shape index (κ2) is 9.75. The van der Waals surface area contributed by atoms with E-state index in [4.69, 9.17) is 4.74 Å². The van der Waals surface area contributed by atoms with Crippen LogP contribution in [0.15, 0.2) is 12.2 Å². The van der Waals surface area contributed by atoms with Crippen molar-refractivity contribution in [3.8, 4) is 0 Å². The Balaban J connectivity index is 2.91. The van der Waals surface area contributed by atoms with Gasteiger partial charge >= 0.3 is 0 Å². The molecule has 0 amide bonds. The van der Waals surface area contributed by atoms with Gasteiger partial charge in [-0.25, -0.2) is 0 Å². The number of nitrogens with one attached hydrogen (secondary N) is 1. The van der Waals surface area contributed by atoms with Crippen LogP contribution in [0.25, 0.3) is 0 Å². The highest BCUT2D eigenvalue weighted by Gasteiger charge is 1.92. The molecule has 2 nitrogen and oxygen atoms in total. The second-order valence-electron chi connectivity index (χ2n) is 3.40. The summed E-state index contributed by atoms with van der Waals surface area (Å²) in [5, 5.41) is 3.33. The predicted molar refractivity (Wildman–Crippen MR) is 58.0 cm³/mol. The molecule has 0 fully saturated rings. The standard InChI is InChI=1S/C11H23NO/c1-4-5-8-12-9-6-7-10-13-11(2)3/h4-5,11-12H,6-10H2,1-3H3/b5-4+. The number of hydrogen-bond donors (Lipinski definition) is 1. The van der Waals surface area contributed by atoms with Gasteiger partial charge in [-0.2, -0.15) is 0 Å². The minimum Gasteiger partial charge on any atom is -0.379 e. The van der Waals surface area contributed by atoms with Gasteiger partial charge in [-0.3, -0.25) is 0 Å². The molecule has 0 aromatic carbocycles. The normalized spacial score (nSPS) is 11.7. The summed E-state index contributed by atoms with van der Waals surface area (Å²) in [5.74, 6) is 0. The smallest absolute Gasteiger partial charge is 0.0518 e. The Morgan fingerprint density at radius 1 is 1.31 bits per heavy atom. The van der Waals surface area contributed by atoms with E-state index in [2.05, 4.69) is 31.3 Å². The summed E-state index contributed by atoms with van der Waals surface area (Å²) >= 11 is 0. The first-order valence-corrected chi connectivity index (χ1v) is 5.21. The summed E-state index contributed by atoms with van der Waals surface area (Å²) in [6, 6.07) is 0. The van der Waals surface area contributed by atoms with Crippen LogP contribution in [0.5, 0.6) is 0 Å². The molecule has 0 heterocycles. The predicted octanol–water partition coefficient (Wildman–Crippen LogP) is 2.36. The Hall–Kier alpha value is -0.340. The average Bonchev–Trinajstić information content (AvgIpc) is 2.09. The van der Waals surface area contributed by atoms with Gasteiger partial charge in [-0.1, -0.05) is 12.2 Å². The van der Waals surface area contributed by atoms with E-state index in [0.29, 0.717) is 6.10 Å². The van der Waals surface area contributed by atoms with Crippen molar-refractivity contribution in [3.63, 3.8) is 0 Å². The van der Waals surface area contributed by atoms with Gasteiger partial charge in [0, 0.05) is 13.2 Å². The number of allylic oxidation sites excluding steroid dienone is 1. The molecule has 0 aliphatic heterocycles. The molecule has 0 aromatic heterocycles. The third-order valence-corrected chi connectivity index (χ3v) is 1.70. The van der Waals surface area contributed by atoms with E-state index in [-0.39, 0.29) is 0 Å². The van der Waals surface area contributed by atoms with Crippen LogP contribution in [-0.4, -0.2) is 25.8 Å². The molecule has 13 heavy (non-hydrogen) atoms. The van der Waals surface area contributed by atoms with E-state index in [9.17, 15) is 0 Å². The van der Waals surface area contributed by atoms with Crippen molar-refractivity contribution in [1.82, 2.24) is 5.32 Å². The molecule has 0 rings (SSSR count). The van der Waals surface area contributed by atoms with Crippen LogP contribution in [0.4, 0.5) is 0 Å². The van der Waals surface area contributed by atoms with Gasteiger partial charge < -0.3 is 10.1 Å². The molecular weight excluding hydrogens is 162 g/mol. The summed E-state index contributed by atoms with van der Waals surface area (Å²) in [4.78, 5) is 0. The molecule has 0 spiro atoms. The lowest BCUT2D eigenvalue weighted by Gasteiger charge is -2.06. The van der Waals surface area contributed by atoms with Crippen molar-refractivity contribution in [1.29, 1.82) is 0 Å². The highest BCUT2D eigenvalue weighted by Crippen LogP contribution is 1.93. The molecular formula is C11H23NO. The Kier molecular flexibility index (Phi) is 9.49. The van der Waals surface area contributed by atoms with Crippen molar-refractivity contribution < 1.29 is 4.74 Å². The zero-order valence-corrected chi connectivity index (χ0v) is 9.18. The summed E-state index contributed by atoms with van der Waals surface area (Å²) in [7, 11) is 0. The first-order chi connectivity index (χ1) is 6.27. The molecule has 0 saturated heterocycles. The van der Waals surface area contributed by atoms with Gasteiger partial charge in [-0.15, -0.1) is 0 Å². The number of unbranched alkanes of at least 4 members (excludes halogenated alkanes) is 1. The maximum absolute atomic E-state index is 5.43. The van der Waals surface area contributed by atoms with Crippen molar-refractivity contribution in [2.24, 2.45) is 0 Å². The van der Waals surface area contributed by atoms with E-state index in [1.54, 1.807) is 0 Å². The molecule has 0 saturated carbocycles. The minimum atomic E-state index is 0.371. The summed E-state index contributed by atoms with van der Waals surface area (Å²) in [6.45, 7) is 9.16. The highest BCUT2D eigenvalue weighted by atomic mass is 16.5. The van der Waals surface area contributed by atoms with Crippen molar-refractivity contribution in [2.75, 3.05) is 19.7 Å². The average molecular weight is 185 g/mol. The molecule has 0 aliphatic carbocycles. The minimum absolute atomic E-state index is 0.371. The van der Waals surface area contributed by atoms with Crippen LogP contribution in [0.3, 0.4) is 0 Å². The molecule has 0 radical (unpaired) electrons. The van der Waals surface area contributed by atoms with E-state index in [0.717, 1.165) is 26.1 Å². The van der Waals surface area contributed by atoms with Gasteiger partial charge in [0.1, 0.15) is 0 Å². The fraction of sp³-hybridized carbons (Fsp3) is 0.818. The van der Waals surface area contributed by atoms with E-state index in [1.807, 2.05) is 6.92 Å². The van der Waals surface area contributed by atoms with Crippen LogP contribution < -0.4 is 5.32 Å². The molecule has 78 valence electrons. The fourth-order valence-electron chi connectivity index (χ4n) is 0.974. The quantitative estimate of drug-likeness (QED) is 0.463. The number of rotatable bonds is 8. The maximum Gasteiger partial charge on any atom is 0.0518 e. The monoisotopic (exact) mass is 185 g/mol. The van der Waals surface area contributed by atoms with Gasteiger partial charge in [-0.05, 0) is 40.2 Å². The molecule has 0 aromatic rings. The molecule has 0 unspecified atom stereocenters. The SMILES string of the molecule is C/C=C/CNCCCCOC(C)C. The Bertz CT molecular complexity index is 121. The van der Waals surface area contributed by atoms with Crippen molar-refractivity contribution in [2.45, 2.75) is 39.7 Å². The summed E-state index contributed by atoms with van der Waals surface area (Å²) < 4.78 is 5.43. The third kappa shape index (κ3) is 11.7. The van der Waals surface area contributed by atoms with Crippen molar-refractivity contribution >= 4 is 0 Å². The van der Waals surface area contributed by atoms with E-state index >= 15 is 0 Å². The van der Waals surface area contributed by atoms with E-state index in [1.165, 1.54) is 6.42 Å². The van der Waals surface area contributed by atoms with E-state index < -0.39 is 0 Å². The van der Waals surface area contributed by atoms with Crippen LogP contribution in [0, 0.1) is 0 Å². The van der Waals surface area contributed by atoms with Crippen LogP contribution in [0.1, 0.15) is 33.6 Å². The van der Waals surface area contributed by atoms with Crippen LogP contribution in [-0.2, 0) is 4.74 Å². The van der Waals surface area contributed by atoms with Crippen molar-refractivity contribution in [3.05, 3.63) is 12.2 Å². The number of ether oxygens (including phenoxy) is 1. The Morgan fingerprint density at radius 3 is 2.69 bits per heavy atom. The maximum atomic E-state index is 5.43. The second-order valence-corrected chi connectivity index (χ2v) is 3.40. The molecule has 0 aliphatic rings.